The van der Waals surface area contributed by atoms with Crippen molar-refractivity contribution in [1.82, 2.24) is 14.3 Å². The molecule has 3 heterocycles. The average Bonchev–Trinajstić information content (AvgIpc) is 2.94. The maximum atomic E-state index is 5.95. The van der Waals surface area contributed by atoms with Gasteiger partial charge in [-0.2, -0.15) is 0 Å². The van der Waals surface area contributed by atoms with Crippen molar-refractivity contribution >= 4 is 11.2 Å². The monoisotopic (exact) mass is 230 g/mol. The fourth-order valence-electron chi connectivity index (χ4n) is 2.70. The number of fused-ring (bicyclic) bond motifs is 1. The fraction of sp³-hybridized carbons (Fsp3) is 0.462. The number of pyridine rings is 1. The molecule has 1 atom stereocenters. The number of nitrogen functional groups attached to an aromatic ring is 1. The Balaban J connectivity index is 1.99. The van der Waals surface area contributed by atoms with Gasteiger partial charge >= 0.3 is 0 Å². The van der Waals surface area contributed by atoms with E-state index in [1.54, 1.807) is 0 Å². The van der Waals surface area contributed by atoms with Crippen molar-refractivity contribution in [1.29, 1.82) is 0 Å². The van der Waals surface area contributed by atoms with Crippen molar-refractivity contribution in [2.24, 2.45) is 0 Å². The van der Waals surface area contributed by atoms with E-state index < -0.39 is 0 Å². The Morgan fingerprint density at radius 1 is 1.53 bits per heavy atom. The summed E-state index contributed by atoms with van der Waals surface area (Å²) in [5.74, 6) is 1.70. The molecular weight excluding hydrogens is 212 g/mol. The summed E-state index contributed by atoms with van der Waals surface area (Å²) in [6, 6.07) is 3.91. The lowest BCUT2D eigenvalue weighted by Gasteiger charge is -2.12. The number of likely N-dealkylation sites (N-methyl/N-ethyl adjacent to an activating group) is 1. The molecule has 4 nitrogen and oxygen atoms in total. The summed E-state index contributed by atoms with van der Waals surface area (Å²) in [5.41, 5.74) is 7.78. The third kappa shape index (κ3) is 1.69. The number of imidazole rings is 1. The molecule has 90 valence electrons. The molecule has 2 aromatic rings. The number of nitrogens with two attached hydrogens (primary N) is 1. The fourth-order valence-corrected chi connectivity index (χ4v) is 2.70. The quantitative estimate of drug-likeness (QED) is 0.854. The molecule has 1 unspecified atom stereocenters. The summed E-state index contributed by atoms with van der Waals surface area (Å²) in [5, 5.41) is 0. The Labute approximate surface area is 101 Å². The molecule has 2 aromatic heterocycles. The zero-order valence-corrected chi connectivity index (χ0v) is 10.1. The zero-order chi connectivity index (χ0) is 11.8. The SMILES string of the molecule is CCN1CCC(c2ncc3c(N)cccn23)C1. The molecular formula is C13H18N4. The highest BCUT2D eigenvalue weighted by atomic mass is 15.2. The van der Waals surface area contributed by atoms with E-state index in [9.17, 15) is 0 Å². The van der Waals surface area contributed by atoms with Crippen LogP contribution < -0.4 is 5.73 Å². The number of nitrogens with zero attached hydrogens (tertiary/aromatic N) is 3. The lowest BCUT2D eigenvalue weighted by molar-refractivity contribution is 0.352. The van der Waals surface area contributed by atoms with Gasteiger partial charge in [-0.25, -0.2) is 4.98 Å². The number of hydrogen-bond donors (Lipinski definition) is 1. The van der Waals surface area contributed by atoms with Crippen molar-refractivity contribution in [2.75, 3.05) is 25.4 Å². The molecule has 1 fully saturated rings. The standard InChI is InChI=1S/C13H18N4/c1-2-16-7-5-10(9-16)13-15-8-12-11(14)4-3-6-17(12)13/h3-4,6,8,10H,2,5,7,9,14H2,1H3. The second kappa shape index (κ2) is 4.04. The summed E-state index contributed by atoms with van der Waals surface area (Å²) in [6.45, 7) is 5.63. The molecule has 0 radical (unpaired) electrons. The van der Waals surface area contributed by atoms with Crippen LogP contribution in [0.15, 0.2) is 24.5 Å². The number of aromatic nitrogens is 2. The zero-order valence-electron chi connectivity index (χ0n) is 10.1. The second-order valence-electron chi connectivity index (χ2n) is 4.71. The van der Waals surface area contributed by atoms with E-state index in [0.717, 1.165) is 30.1 Å². The van der Waals surface area contributed by atoms with Crippen LogP contribution in [0.25, 0.3) is 5.52 Å². The number of hydrogen-bond acceptors (Lipinski definition) is 3. The molecule has 1 saturated heterocycles. The first-order valence-corrected chi connectivity index (χ1v) is 6.23. The van der Waals surface area contributed by atoms with E-state index in [-0.39, 0.29) is 0 Å². The van der Waals surface area contributed by atoms with Crippen molar-refractivity contribution in [3.05, 3.63) is 30.4 Å². The van der Waals surface area contributed by atoms with Gasteiger partial charge in [0.2, 0.25) is 0 Å². The molecule has 0 saturated carbocycles. The maximum absolute atomic E-state index is 5.95. The highest BCUT2D eigenvalue weighted by molar-refractivity contribution is 5.68. The molecule has 2 N–H and O–H groups in total. The number of likely N-dealkylation sites (tertiary alicyclic amines) is 1. The largest absolute Gasteiger partial charge is 0.397 e. The predicted octanol–water partition coefficient (Wildman–Crippen LogP) is 1.73. The van der Waals surface area contributed by atoms with Gasteiger partial charge in [-0.1, -0.05) is 6.92 Å². The van der Waals surface area contributed by atoms with Gasteiger partial charge in [0.05, 0.1) is 17.4 Å². The van der Waals surface area contributed by atoms with Crippen LogP contribution in [0.5, 0.6) is 0 Å². The number of rotatable bonds is 2. The molecule has 0 amide bonds. The molecule has 0 bridgehead atoms. The highest BCUT2D eigenvalue weighted by Gasteiger charge is 2.25. The van der Waals surface area contributed by atoms with E-state index in [0.29, 0.717) is 5.92 Å². The van der Waals surface area contributed by atoms with E-state index in [1.165, 1.54) is 13.0 Å². The summed E-state index contributed by atoms with van der Waals surface area (Å²) in [7, 11) is 0. The first-order valence-electron chi connectivity index (χ1n) is 6.23. The first-order chi connectivity index (χ1) is 8.29. The topological polar surface area (TPSA) is 46.6 Å². The van der Waals surface area contributed by atoms with Crippen LogP contribution in [0, 0.1) is 0 Å². The Bertz CT molecular complexity index is 531. The number of anilines is 1. The second-order valence-corrected chi connectivity index (χ2v) is 4.71. The highest BCUT2D eigenvalue weighted by Crippen LogP contribution is 2.27. The summed E-state index contributed by atoms with van der Waals surface area (Å²) >= 11 is 0. The summed E-state index contributed by atoms with van der Waals surface area (Å²) < 4.78 is 2.14. The van der Waals surface area contributed by atoms with Gasteiger partial charge in [0.25, 0.3) is 0 Å². The molecule has 0 spiro atoms. The van der Waals surface area contributed by atoms with Crippen LogP contribution in [0.3, 0.4) is 0 Å². The summed E-state index contributed by atoms with van der Waals surface area (Å²) in [6.07, 6.45) is 5.14. The third-order valence-electron chi connectivity index (χ3n) is 3.72. The van der Waals surface area contributed by atoms with E-state index in [1.807, 2.05) is 18.3 Å². The molecule has 4 heteroatoms. The van der Waals surface area contributed by atoms with Crippen LogP contribution >= 0.6 is 0 Å². The van der Waals surface area contributed by atoms with Crippen LogP contribution in [-0.2, 0) is 0 Å². The minimum atomic E-state index is 0.541. The van der Waals surface area contributed by atoms with Gasteiger partial charge < -0.3 is 15.0 Å². The lowest BCUT2D eigenvalue weighted by atomic mass is 10.1. The Hall–Kier alpha value is -1.55. The van der Waals surface area contributed by atoms with E-state index >= 15 is 0 Å². The average molecular weight is 230 g/mol. The van der Waals surface area contributed by atoms with Crippen LogP contribution in [0.4, 0.5) is 5.69 Å². The Morgan fingerprint density at radius 2 is 2.41 bits per heavy atom. The first kappa shape index (κ1) is 10.6. The smallest absolute Gasteiger partial charge is 0.117 e. The molecule has 0 aliphatic carbocycles. The van der Waals surface area contributed by atoms with Crippen LogP contribution in [0.1, 0.15) is 25.1 Å². The molecule has 1 aliphatic rings. The Kier molecular flexibility index (Phi) is 2.52. The minimum Gasteiger partial charge on any atom is -0.397 e. The van der Waals surface area contributed by atoms with Gasteiger partial charge in [0.1, 0.15) is 5.82 Å². The Morgan fingerprint density at radius 3 is 3.18 bits per heavy atom. The van der Waals surface area contributed by atoms with Crippen molar-refractivity contribution in [3.63, 3.8) is 0 Å². The lowest BCUT2D eigenvalue weighted by Crippen LogP contribution is -2.19. The van der Waals surface area contributed by atoms with Crippen LogP contribution in [-0.4, -0.2) is 33.9 Å². The van der Waals surface area contributed by atoms with Gasteiger partial charge in [-0.15, -0.1) is 0 Å². The third-order valence-corrected chi connectivity index (χ3v) is 3.72. The van der Waals surface area contributed by atoms with Gasteiger partial charge in [0.15, 0.2) is 0 Å². The molecule has 3 rings (SSSR count). The molecule has 0 aromatic carbocycles. The van der Waals surface area contributed by atoms with E-state index in [4.69, 9.17) is 5.73 Å². The maximum Gasteiger partial charge on any atom is 0.117 e. The molecule has 1 aliphatic heterocycles. The van der Waals surface area contributed by atoms with Gasteiger partial charge in [-0.05, 0) is 31.6 Å². The predicted molar refractivity (Wildman–Crippen MR) is 69.1 cm³/mol. The molecule has 17 heavy (non-hydrogen) atoms. The minimum absolute atomic E-state index is 0.541. The van der Waals surface area contributed by atoms with Crippen molar-refractivity contribution in [3.8, 4) is 0 Å². The van der Waals surface area contributed by atoms with E-state index in [2.05, 4.69) is 27.4 Å². The van der Waals surface area contributed by atoms with Crippen molar-refractivity contribution in [2.45, 2.75) is 19.3 Å². The van der Waals surface area contributed by atoms with Gasteiger partial charge in [-0.3, -0.25) is 0 Å². The van der Waals surface area contributed by atoms with Crippen molar-refractivity contribution < 1.29 is 0 Å². The van der Waals surface area contributed by atoms with Gasteiger partial charge in [0, 0.05) is 18.7 Å². The normalized spacial score (nSPS) is 21.4. The summed E-state index contributed by atoms with van der Waals surface area (Å²) in [4.78, 5) is 7.03. The van der Waals surface area contributed by atoms with Crippen LogP contribution in [0.2, 0.25) is 0 Å².